The first-order valence-electron chi connectivity index (χ1n) is 6.97. The normalized spacial score (nSPS) is 19.6. The highest BCUT2D eigenvalue weighted by molar-refractivity contribution is 6.31. The van der Waals surface area contributed by atoms with E-state index >= 15 is 0 Å². The van der Waals surface area contributed by atoms with E-state index in [0.717, 1.165) is 48.9 Å². The Morgan fingerprint density at radius 1 is 1.30 bits per heavy atom. The van der Waals surface area contributed by atoms with Crippen LogP contribution in [0.5, 0.6) is 0 Å². The largest absolute Gasteiger partial charge is 0.381 e. The predicted molar refractivity (Wildman–Crippen MR) is 80.7 cm³/mol. The molecule has 0 amide bonds. The van der Waals surface area contributed by atoms with E-state index in [0.29, 0.717) is 6.04 Å². The molecule has 0 bridgehead atoms. The number of rotatable bonds is 3. The SMILES string of the molecule is Clc1ccc(-n2cccn2)c(NC2CCCOCC2)c1. The molecule has 0 radical (unpaired) electrons. The summed E-state index contributed by atoms with van der Waals surface area (Å²) in [5, 5.41) is 8.62. The highest BCUT2D eigenvalue weighted by atomic mass is 35.5. The second-order valence-corrected chi connectivity index (χ2v) is 5.43. The minimum absolute atomic E-state index is 0.422. The number of aromatic nitrogens is 2. The molecule has 1 aromatic heterocycles. The fourth-order valence-electron chi connectivity index (χ4n) is 2.50. The van der Waals surface area contributed by atoms with Crippen molar-refractivity contribution in [3.05, 3.63) is 41.7 Å². The lowest BCUT2D eigenvalue weighted by Gasteiger charge is -2.20. The topological polar surface area (TPSA) is 39.1 Å². The Hall–Kier alpha value is -1.52. The minimum atomic E-state index is 0.422. The van der Waals surface area contributed by atoms with Crippen LogP contribution in [0.1, 0.15) is 19.3 Å². The zero-order chi connectivity index (χ0) is 13.8. The van der Waals surface area contributed by atoms with Gasteiger partial charge in [-0.05, 0) is 43.5 Å². The molecule has 3 rings (SSSR count). The summed E-state index contributed by atoms with van der Waals surface area (Å²) < 4.78 is 7.36. The molecule has 4 nitrogen and oxygen atoms in total. The summed E-state index contributed by atoms with van der Waals surface area (Å²) in [7, 11) is 0. The molecule has 1 aliphatic rings. The van der Waals surface area contributed by atoms with Crippen LogP contribution in [-0.4, -0.2) is 29.0 Å². The number of hydrogen-bond acceptors (Lipinski definition) is 3. The summed E-state index contributed by atoms with van der Waals surface area (Å²) in [6.45, 7) is 1.68. The van der Waals surface area contributed by atoms with Crippen molar-refractivity contribution in [2.75, 3.05) is 18.5 Å². The summed E-state index contributed by atoms with van der Waals surface area (Å²) in [6.07, 6.45) is 6.94. The van der Waals surface area contributed by atoms with Crippen LogP contribution in [0, 0.1) is 0 Å². The molecular formula is C15H18ClN3O. The average molecular weight is 292 g/mol. The maximum absolute atomic E-state index is 6.13. The van der Waals surface area contributed by atoms with E-state index in [1.807, 2.05) is 35.1 Å². The molecule has 1 aromatic carbocycles. The molecule has 1 aliphatic heterocycles. The predicted octanol–water partition coefficient (Wildman–Crippen LogP) is 3.51. The van der Waals surface area contributed by atoms with Gasteiger partial charge in [-0.2, -0.15) is 5.10 Å². The second kappa shape index (κ2) is 6.29. The molecule has 1 atom stereocenters. The average Bonchev–Trinajstić information content (AvgIpc) is 2.85. The Labute approximate surface area is 123 Å². The number of hydrogen-bond donors (Lipinski definition) is 1. The molecule has 20 heavy (non-hydrogen) atoms. The lowest BCUT2D eigenvalue weighted by Crippen LogP contribution is -2.20. The fraction of sp³-hybridized carbons (Fsp3) is 0.400. The Kier molecular flexibility index (Phi) is 4.23. The van der Waals surface area contributed by atoms with Gasteiger partial charge in [0.2, 0.25) is 0 Å². The van der Waals surface area contributed by atoms with Gasteiger partial charge in [0.15, 0.2) is 0 Å². The number of nitrogens with one attached hydrogen (secondary N) is 1. The van der Waals surface area contributed by atoms with Gasteiger partial charge in [-0.3, -0.25) is 0 Å². The van der Waals surface area contributed by atoms with E-state index < -0.39 is 0 Å². The van der Waals surface area contributed by atoms with Crippen molar-refractivity contribution in [1.29, 1.82) is 0 Å². The van der Waals surface area contributed by atoms with E-state index in [4.69, 9.17) is 16.3 Å². The molecule has 5 heteroatoms. The Morgan fingerprint density at radius 3 is 3.10 bits per heavy atom. The summed E-state index contributed by atoms with van der Waals surface area (Å²) in [5.74, 6) is 0. The van der Waals surface area contributed by atoms with Gasteiger partial charge in [-0.1, -0.05) is 11.6 Å². The van der Waals surface area contributed by atoms with Gasteiger partial charge in [0.1, 0.15) is 0 Å². The second-order valence-electron chi connectivity index (χ2n) is 5.00. The Bertz CT molecular complexity index is 548. The molecule has 1 saturated heterocycles. The molecule has 1 fully saturated rings. The van der Waals surface area contributed by atoms with E-state index in [9.17, 15) is 0 Å². The fourth-order valence-corrected chi connectivity index (χ4v) is 2.68. The van der Waals surface area contributed by atoms with Gasteiger partial charge < -0.3 is 10.1 Å². The van der Waals surface area contributed by atoms with Crippen molar-refractivity contribution in [3.8, 4) is 5.69 Å². The summed E-state index contributed by atoms with van der Waals surface area (Å²) in [6, 6.07) is 8.18. The van der Waals surface area contributed by atoms with Crippen molar-refractivity contribution < 1.29 is 4.74 Å². The molecular weight excluding hydrogens is 274 g/mol. The minimum Gasteiger partial charge on any atom is -0.381 e. The molecule has 0 saturated carbocycles. The third-order valence-electron chi connectivity index (χ3n) is 3.52. The maximum atomic E-state index is 6.13. The number of nitrogens with zero attached hydrogens (tertiary/aromatic N) is 2. The van der Waals surface area contributed by atoms with Crippen LogP contribution in [0.25, 0.3) is 5.69 Å². The highest BCUT2D eigenvalue weighted by Gasteiger charge is 2.15. The lowest BCUT2D eigenvalue weighted by molar-refractivity contribution is 0.144. The van der Waals surface area contributed by atoms with Gasteiger partial charge >= 0.3 is 0 Å². The summed E-state index contributed by atoms with van der Waals surface area (Å²) >= 11 is 6.13. The van der Waals surface area contributed by atoms with Crippen LogP contribution < -0.4 is 5.32 Å². The summed E-state index contributed by atoms with van der Waals surface area (Å²) in [5.41, 5.74) is 2.04. The number of halogens is 1. The van der Waals surface area contributed by atoms with Crippen molar-refractivity contribution in [2.45, 2.75) is 25.3 Å². The Morgan fingerprint density at radius 2 is 2.25 bits per heavy atom. The van der Waals surface area contributed by atoms with E-state index in [-0.39, 0.29) is 0 Å². The smallest absolute Gasteiger partial charge is 0.0877 e. The Balaban J connectivity index is 1.85. The van der Waals surface area contributed by atoms with Crippen molar-refractivity contribution in [1.82, 2.24) is 9.78 Å². The number of anilines is 1. The van der Waals surface area contributed by atoms with Gasteiger partial charge in [-0.25, -0.2) is 4.68 Å². The molecule has 1 N–H and O–H groups in total. The third-order valence-corrected chi connectivity index (χ3v) is 3.76. The monoisotopic (exact) mass is 291 g/mol. The molecule has 2 aromatic rings. The molecule has 2 heterocycles. The molecule has 0 spiro atoms. The lowest BCUT2D eigenvalue weighted by atomic mass is 10.1. The van der Waals surface area contributed by atoms with Gasteiger partial charge in [0, 0.05) is 36.7 Å². The van der Waals surface area contributed by atoms with Crippen LogP contribution in [0.3, 0.4) is 0 Å². The van der Waals surface area contributed by atoms with Crippen molar-refractivity contribution >= 4 is 17.3 Å². The third kappa shape index (κ3) is 3.14. The van der Waals surface area contributed by atoms with E-state index in [2.05, 4.69) is 10.4 Å². The van der Waals surface area contributed by atoms with Crippen molar-refractivity contribution in [2.24, 2.45) is 0 Å². The van der Waals surface area contributed by atoms with E-state index in [1.54, 1.807) is 6.20 Å². The van der Waals surface area contributed by atoms with Crippen molar-refractivity contribution in [3.63, 3.8) is 0 Å². The highest BCUT2D eigenvalue weighted by Crippen LogP contribution is 2.26. The van der Waals surface area contributed by atoms with Gasteiger partial charge in [0.25, 0.3) is 0 Å². The zero-order valence-electron chi connectivity index (χ0n) is 11.3. The van der Waals surface area contributed by atoms with E-state index in [1.165, 1.54) is 0 Å². The molecule has 106 valence electrons. The van der Waals surface area contributed by atoms with Gasteiger partial charge in [0.05, 0.1) is 11.4 Å². The summed E-state index contributed by atoms with van der Waals surface area (Å²) in [4.78, 5) is 0. The van der Waals surface area contributed by atoms with Crippen LogP contribution in [-0.2, 0) is 4.74 Å². The van der Waals surface area contributed by atoms with Crippen LogP contribution in [0.2, 0.25) is 5.02 Å². The molecule has 1 unspecified atom stereocenters. The van der Waals surface area contributed by atoms with Crippen LogP contribution in [0.15, 0.2) is 36.7 Å². The quantitative estimate of drug-likeness (QED) is 0.940. The number of ether oxygens (including phenoxy) is 1. The maximum Gasteiger partial charge on any atom is 0.0877 e. The molecule has 0 aliphatic carbocycles. The van der Waals surface area contributed by atoms with Gasteiger partial charge in [-0.15, -0.1) is 0 Å². The van der Waals surface area contributed by atoms with Crippen LogP contribution >= 0.6 is 11.6 Å². The number of benzene rings is 1. The zero-order valence-corrected chi connectivity index (χ0v) is 12.0. The first kappa shape index (κ1) is 13.5. The first-order chi connectivity index (χ1) is 9.83. The van der Waals surface area contributed by atoms with Crippen LogP contribution in [0.4, 0.5) is 5.69 Å². The standard InChI is InChI=1S/C15H18ClN3O/c16-12-4-5-15(19-8-2-7-17-19)14(11-12)18-13-3-1-9-20-10-6-13/h2,4-5,7-8,11,13,18H,1,3,6,9-10H2. The first-order valence-corrected chi connectivity index (χ1v) is 7.34.